The molecule has 0 amide bonds. The Bertz CT molecular complexity index is 284. The summed E-state index contributed by atoms with van der Waals surface area (Å²) in [4.78, 5) is 11.2. The molecule has 17 heavy (non-hydrogen) atoms. The third kappa shape index (κ3) is 5.41. The molecular weight excluding hydrogens is 238 g/mol. The third-order valence-corrected chi connectivity index (χ3v) is 4.07. The predicted molar refractivity (Wildman–Crippen MR) is 72.7 cm³/mol. The monoisotopic (exact) mass is 261 g/mol. The van der Waals surface area contributed by atoms with E-state index < -0.39 is 11.5 Å². The number of carboxylic acids is 1. The molecule has 6 heteroatoms. The van der Waals surface area contributed by atoms with E-state index in [4.69, 9.17) is 16.2 Å². The highest BCUT2D eigenvalue weighted by Gasteiger charge is 2.37. The molecule has 0 aliphatic carbocycles. The number of amidine groups is 1. The summed E-state index contributed by atoms with van der Waals surface area (Å²) in [5, 5.41) is 19.5. The van der Waals surface area contributed by atoms with Crippen molar-refractivity contribution in [3.8, 4) is 0 Å². The van der Waals surface area contributed by atoms with Gasteiger partial charge < -0.3 is 16.2 Å². The smallest absolute Gasteiger partial charge is 0.324 e. The Hall–Kier alpha value is -0.750. The number of rotatable bonds is 7. The van der Waals surface area contributed by atoms with Crippen LogP contribution in [0.15, 0.2) is 0 Å². The van der Waals surface area contributed by atoms with Gasteiger partial charge in [0.1, 0.15) is 5.54 Å². The molecule has 0 saturated heterocycles. The largest absolute Gasteiger partial charge is 0.480 e. The number of nitrogens with one attached hydrogen (secondary N) is 2. The minimum atomic E-state index is -1.18. The van der Waals surface area contributed by atoms with Crippen molar-refractivity contribution in [1.29, 1.82) is 5.41 Å². The standard InChI is InChI=1S/C11H23N3O2S/c1-7(2)11(13,10(15)16)6-17-8(3)5-14-9(4)12/h7-8H,5-6,13H2,1-4H3,(H2,12,14)(H,15,16)/t8-,11-/m1/s1. The lowest BCUT2D eigenvalue weighted by Gasteiger charge is -2.29. The SMILES string of the molecule is CC(=N)NC[C@@H](C)SC[C@](N)(C(=O)O)C(C)C. The van der Waals surface area contributed by atoms with Crippen molar-refractivity contribution in [2.75, 3.05) is 12.3 Å². The van der Waals surface area contributed by atoms with E-state index in [1.54, 1.807) is 6.92 Å². The van der Waals surface area contributed by atoms with E-state index in [-0.39, 0.29) is 11.2 Å². The highest BCUT2D eigenvalue weighted by molar-refractivity contribution is 8.00. The summed E-state index contributed by atoms with van der Waals surface area (Å²) >= 11 is 1.52. The molecule has 100 valence electrons. The van der Waals surface area contributed by atoms with Crippen LogP contribution in [-0.2, 0) is 4.79 Å². The molecule has 0 aromatic carbocycles. The van der Waals surface area contributed by atoms with Crippen LogP contribution in [0.5, 0.6) is 0 Å². The van der Waals surface area contributed by atoms with Gasteiger partial charge in [0.05, 0.1) is 5.84 Å². The van der Waals surface area contributed by atoms with Crippen LogP contribution in [0.3, 0.4) is 0 Å². The van der Waals surface area contributed by atoms with E-state index in [0.717, 1.165) is 0 Å². The van der Waals surface area contributed by atoms with Crippen LogP contribution in [0.25, 0.3) is 0 Å². The number of hydrogen-bond acceptors (Lipinski definition) is 4. The quantitative estimate of drug-likeness (QED) is 0.407. The van der Waals surface area contributed by atoms with E-state index in [9.17, 15) is 4.79 Å². The summed E-state index contributed by atoms with van der Waals surface area (Å²) in [5.74, 6) is -0.279. The molecular formula is C11H23N3O2S. The lowest BCUT2D eigenvalue weighted by molar-refractivity contribution is -0.144. The van der Waals surface area contributed by atoms with E-state index >= 15 is 0 Å². The minimum absolute atomic E-state index is 0.114. The number of thioether (sulfide) groups is 1. The summed E-state index contributed by atoms with van der Waals surface area (Å²) in [5.41, 5.74) is 4.72. The zero-order chi connectivity index (χ0) is 13.6. The van der Waals surface area contributed by atoms with Crippen molar-refractivity contribution in [2.24, 2.45) is 11.7 Å². The lowest BCUT2D eigenvalue weighted by Crippen LogP contribution is -2.55. The van der Waals surface area contributed by atoms with Gasteiger partial charge in [-0.25, -0.2) is 0 Å². The molecule has 2 atom stereocenters. The second-order valence-electron chi connectivity index (χ2n) is 4.63. The van der Waals surface area contributed by atoms with Crippen molar-refractivity contribution in [2.45, 2.75) is 38.5 Å². The van der Waals surface area contributed by atoms with Crippen LogP contribution in [0, 0.1) is 11.3 Å². The first-order valence-corrected chi connectivity index (χ1v) is 6.68. The summed E-state index contributed by atoms with van der Waals surface area (Å²) in [6.45, 7) is 7.95. The predicted octanol–water partition coefficient (Wildman–Crippen LogP) is 1.13. The maximum atomic E-state index is 11.2. The van der Waals surface area contributed by atoms with Gasteiger partial charge in [-0.15, -0.1) is 0 Å². The van der Waals surface area contributed by atoms with Crippen molar-refractivity contribution in [3.05, 3.63) is 0 Å². The lowest BCUT2D eigenvalue weighted by atomic mass is 9.90. The van der Waals surface area contributed by atoms with Crippen molar-refractivity contribution in [3.63, 3.8) is 0 Å². The van der Waals surface area contributed by atoms with E-state index in [1.807, 2.05) is 20.8 Å². The molecule has 0 heterocycles. The van der Waals surface area contributed by atoms with Gasteiger partial charge in [0.25, 0.3) is 0 Å². The maximum Gasteiger partial charge on any atom is 0.324 e. The summed E-state index contributed by atoms with van der Waals surface area (Å²) in [6, 6.07) is 0. The van der Waals surface area contributed by atoms with Gasteiger partial charge in [0.15, 0.2) is 0 Å². The molecule has 5 nitrogen and oxygen atoms in total. The molecule has 0 rings (SSSR count). The first kappa shape index (κ1) is 16.2. The average molecular weight is 261 g/mol. The molecule has 0 unspecified atom stereocenters. The highest BCUT2D eigenvalue weighted by Crippen LogP contribution is 2.22. The van der Waals surface area contributed by atoms with Gasteiger partial charge in [-0.2, -0.15) is 11.8 Å². The Labute approximate surface area is 107 Å². The van der Waals surface area contributed by atoms with Gasteiger partial charge in [-0.1, -0.05) is 20.8 Å². The number of aliphatic carboxylic acids is 1. The molecule has 0 saturated carbocycles. The molecule has 0 aliphatic heterocycles. The molecule has 0 radical (unpaired) electrons. The molecule has 0 fully saturated rings. The summed E-state index contributed by atoms with van der Waals surface area (Å²) in [6.07, 6.45) is 0. The zero-order valence-electron chi connectivity index (χ0n) is 10.9. The number of carboxylic acid groups (broad SMARTS) is 1. The second kappa shape index (κ2) is 6.86. The van der Waals surface area contributed by atoms with Crippen molar-refractivity contribution < 1.29 is 9.90 Å². The van der Waals surface area contributed by atoms with Crippen LogP contribution < -0.4 is 11.1 Å². The maximum absolute atomic E-state index is 11.2. The average Bonchev–Trinajstić information content (AvgIpc) is 2.22. The fourth-order valence-corrected chi connectivity index (χ4v) is 2.33. The van der Waals surface area contributed by atoms with Crippen LogP contribution in [0.2, 0.25) is 0 Å². The molecule has 0 aromatic heterocycles. The van der Waals surface area contributed by atoms with Crippen LogP contribution >= 0.6 is 11.8 Å². The topological polar surface area (TPSA) is 99.2 Å². The number of nitrogens with two attached hydrogens (primary N) is 1. The Balaban J connectivity index is 4.23. The van der Waals surface area contributed by atoms with Crippen LogP contribution in [0.1, 0.15) is 27.7 Å². The van der Waals surface area contributed by atoms with Crippen LogP contribution in [0.4, 0.5) is 0 Å². The number of hydrogen-bond donors (Lipinski definition) is 4. The zero-order valence-corrected chi connectivity index (χ0v) is 11.7. The van der Waals surface area contributed by atoms with Gasteiger partial charge in [-0.3, -0.25) is 10.2 Å². The highest BCUT2D eigenvalue weighted by atomic mass is 32.2. The van der Waals surface area contributed by atoms with Gasteiger partial charge in [0.2, 0.25) is 0 Å². The van der Waals surface area contributed by atoms with Gasteiger partial charge in [0, 0.05) is 17.5 Å². The first-order valence-electron chi connectivity index (χ1n) is 5.63. The van der Waals surface area contributed by atoms with E-state index in [1.165, 1.54) is 11.8 Å². The third-order valence-electron chi connectivity index (χ3n) is 2.69. The molecule has 0 spiro atoms. The van der Waals surface area contributed by atoms with Gasteiger partial charge >= 0.3 is 5.97 Å². The van der Waals surface area contributed by atoms with Crippen molar-refractivity contribution in [1.82, 2.24) is 5.32 Å². The molecule has 0 bridgehead atoms. The minimum Gasteiger partial charge on any atom is -0.480 e. The van der Waals surface area contributed by atoms with E-state index in [0.29, 0.717) is 18.1 Å². The first-order chi connectivity index (χ1) is 7.70. The Morgan fingerprint density at radius 1 is 1.53 bits per heavy atom. The summed E-state index contributed by atoms with van der Waals surface area (Å²) < 4.78 is 0. The van der Waals surface area contributed by atoms with Crippen molar-refractivity contribution >= 4 is 23.6 Å². The van der Waals surface area contributed by atoms with Crippen LogP contribution in [-0.4, -0.2) is 40.0 Å². The molecule has 0 aliphatic rings. The summed E-state index contributed by atoms with van der Waals surface area (Å²) in [7, 11) is 0. The number of carbonyl (C=O) groups is 1. The Kier molecular flexibility index (Phi) is 6.56. The molecule has 5 N–H and O–H groups in total. The van der Waals surface area contributed by atoms with E-state index in [2.05, 4.69) is 5.32 Å². The molecule has 0 aromatic rings. The second-order valence-corrected chi connectivity index (χ2v) is 6.05. The van der Waals surface area contributed by atoms with Gasteiger partial charge in [-0.05, 0) is 12.8 Å². The Morgan fingerprint density at radius 2 is 2.06 bits per heavy atom. The fraction of sp³-hybridized carbons (Fsp3) is 0.818. The fourth-order valence-electron chi connectivity index (χ4n) is 1.11. The normalized spacial score (nSPS) is 16.4. The Morgan fingerprint density at radius 3 is 2.41 bits per heavy atom.